The van der Waals surface area contributed by atoms with E-state index in [2.05, 4.69) is 20.4 Å². The van der Waals surface area contributed by atoms with Gasteiger partial charge in [-0.3, -0.25) is 19.9 Å². The van der Waals surface area contributed by atoms with Gasteiger partial charge in [-0.1, -0.05) is 0 Å². The second kappa shape index (κ2) is 8.89. The lowest BCUT2D eigenvalue weighted by atomic mass is 10.2. The molecule has 0 bridgehead atoms. The van der Waals surface area contributed by atoms with Crippen LogP contribution in [0.1, 0.15) is 20.3 Å². The zero-order valence-corrected chi connectivity index (χ0v) is 12.4. The molecule has 116 valence electrons. The summed E-state index contributed by atoms with van der Waals surface area (Å²) < 4.78 is 0. The fraction of sp³-hybridized carbons (Fsp3) is 0.846. The molecule has 7 heteroatoms. The number of rotatable bonds is 5. The van der Waals surface area contributed by atoms with Gasteiger partial charge in [0, 0.05) is 32.7 Å². The van der Waals surface area contributed by atoms with Gasteiger partial charge in [-0.05, 0) is 26.8 Å². The van der Waals surface area contributed by atoms with E-state index in [1.165, 1.54) is 0 Å². The highest BCUT2D eigenvalue weighted by Gasteiger charge is 2.24. The minimum Gasteiger partial charge on any atom is -0.395 e. The van der Waals surface area contributed by atoms with Crippen molar-refractivity contribution in [2.45, 2.75) is 26.3 Å². The summed E-state index contributed by atoms with van der Waals surface area (Å²) in [5.74, 6) is -0.272. The number of imide groups is 1. The molecule has 1 fully saturated rings. The third kappa shape index (κ3) is 5.44. The first kappa shape index (κ1) is 16.9. The summed E-state index contributed by atoms with van der Waals surface area (Å²) in [7, 11) is 0. The number of aliphatic hydroxyl groups is 1. The molecule has 1 rings (SSSR count). The van der Waals surface area contributed by atoms with E-state index in [1.54, 1.807) is 6.92 Å². The summed E-state index contributed by atoms with van der Waals surface area (Å²) in [5, 5.41) is 13.9. The van der Waals surface area contributed by atoms with Crippen LogP contribution in [-0.4, -0.2) is 78.8 Å². The molecule has 3 amide bonds. The molecule has 0 aliphatic carbocycles. The number of carbonyl (C=O) groups excluding carboxylic acids is 2. The fourth-order valence-corrected chi connectivity index (χ4v) is 2.33. The molecule has 0 aromatic heterocycles. The minimum atomic E-state index is -0.443. The van der Waals surface area contributed by atoms with Gasteiger partial charge in [0.05, 0.1) is 12.6 Å². The molecule has 1 atom stereocenters. The maximum atomic E-state index is 12.0. The Bertz CT molecular complexity index is 325. The minimum absolute atomic E-state index is 0.160. The van der Waals surface area contributed by atoms with Gasteiger partial charge in [0.2, 0.25) is 5.91 Å². The number of nitrogens with zero attached hydrogens (tertiary/aromatic N) is 2. The number of β-amino-alcohol motifs (C(OH)–C–C–N with tert-alkyl or cyclic N) is 1. The number of hydrogen-bond acceptors (Lipinski definition) is 5. The van der Waals surface area contributed by atoms with Crippen molar-refractivity contribution >= 4 is 11.9 Å². The molecule has 3 N–H and O–H groups in total. The number of nitrogens with one attached hydrogen (secondary N) is 2. The van der Waals surface area contributed by atoms with Crippen LogP contribution in [0.5, 0.6) is 0 Å². The Hall–Kier alpha value is -1.18. The van der Waals surface area contributed by atoms with Crippen LogP contribution < -0.4 is 10.6 Å². The highest BCUT2D eigenvalue weighted by molar-refractivity contribution is 5.96. The molecule has 0 saturated carbocycles. The fourth-order valence-electron chi connectivity index (χ4n) is 2.33. The van der Waals surface area contributed by atoms with Crippen molar-refractivity contribution in [3.63, 3.8) is 0 Å². The maximum Gasteiger partial charge on any atom is 0.321 e. The summed E-state index contributed by atoms with van der Waals surface area (Å²) in [4.78, 5) is 27.6. The van der Waals surface area contributed by atoms with Crippen LogP contribution in [0.4, 0.5) is 4.79 Å². The first-order chi connectivity index (χ1) is 9.58. The number of urea groups is 1. The third-order valence-electron chi connectivity index (χ3n) is 3.54. The van der Waals surface area contributed by atoms with Crippen LogP contribution in [0.25, 0.3) is 0 Å². The van der Waals surface area contributed by atoms with Crippen molar-refractivity contribution in [2.75, 3.05) is 45.9 Å². The average Bonchev–Trinajstić information content (AvgIpc) is 2.64. The van der Waals surface area contributed by atoms with Gasteiger partial charge in [-0.25, -0.2) is 4.79 Å². The van der Waals surface area contributed by atoms with Crippen molar-refractivity contribution < 1.29 is 14.7 Å². The van der Waals surface area contributed by atoms with Crippen LogP contribution in [0.2, 0.25) is 0 Å². The lowest BCUT2D eigenvalue weighted by molar-refractivity contribution is -0.124. The Morgan fingerprint density at radius 2 is 2.00 bits per heavy atom. The first-order valence-corrected chi connectivity index (χ1v) is 7.24. The van der Waals surface area contributed by atoms with Crippen LogP contribution >= 0.6 is 0 Å². The Balaban J connectivity index is 2.44. The van der Waals surface area contributed by atoms with Gasteiger partial charge in [-0.2, -0.15) is 0 Å². The zero-order chi connectivity index (χ0) is 15.0. The Morgan fingerprint density at radius 3 is 2.65 bits per heavy atom. The first-order valence-electron chi connectivity index (χ1n) is 7.24. The second-order valence-corrected chi connectivity index (χ2v) is 4.98. The maximum absolute atomic E-state index is 12.0. The summed E-state index contributed by atoms with van der Waals surface area (Å²) in [6.45, 7) is 8.30. The van der Waals surface area contributed by atoms with E-state index in [4.69, 9.17) is 5.11 Å². The van der Waals surface area contributed by atoms with Crippen LogP contribution in [-0.2, 0) is 4.79 Å². The van der Waals surface area contributed by atoms with Gasteiger partial charge in [0.1, 0.15) is 0 Å². The number of carbonyl (C=O) groups is 2. The number of hydrogen-bond donors (Lipinski definition) is 3. The standard InChI is InChI=1S/C13H26N4O3/c1-3-14-13(20)15-12(19)11(2)17-6-4-5-16(7-8-17)9-10-18/h11,18H,3-10H2,1-2H3,(H2,14,15,19,20). The summed E-state index contributed by atoms with van der Waals surface area (Å²) in [5.41, 5.74) is 0. The van der Waals surface area contributed by atoms with Crippen molar-refractivity contribution in [1.29, 1.82) is 0 Å². The second-order valence-electron chi connectivity index (χ2n) is 4.98. The molecular formula is C13H26N4O3. The predicted molar refractivity (Wildman–Crippen MR) is 76.4 cm³/mol. The Labute approximate surface area is 120 Å². The molecule has 7 nitrogen and oxygen atoms in total. The van der Waals surface area contributed by atoms with Gasteiger partial charge in [0.25, 0.3) is 0 Å². The molecule has 0 aromatic rings. The van der Waals surface area contributed by atoms with E-state index in [0.29, 0.717) is 13.1 Å². The van der Waals surface area contributed by atoms with Gasteiger partial charge >= 0.3 is 6.03 Å². The Kier molecular flexibility index (Phi) is 7.50. The van der Waals surface area contributed by atoms with E-state index in [1.807, 2.05) is 6.92 Å². The molecule has 1 heterocycles. The molecule has 1 aliphatic heterocycles. The molecular weight excluding hydrogens is 260 g/mol. The predicted octanol–water partition coefficient (Wildman–Crippen LogP) is -0.779. The van der Waals surface area contributed by atoms with Gasteiger partial charge in [-0.15, -0.1) is 0 Å². The molecule has 0 aromatic carbocycles. The molecule has 1 aliphatic rings. The smallest absolute Gasteiger partial charge is 0.321 e. The quantitative estimate of drug-likeness (QED) is 0.617. The van der Waals surface area contributed by atoms with Gasteiger partial charge < -0.3 is 10.4 Å². The van der Waals surface area contributed by atoms with E-state index < -0.39 is 6.03 Å². The summed E-state index contributed by atoms with van der Waals surface area (Å²) in [6.07, 6.45) is 0.957. The van der Waals surface area contributed by atoms with Crippen LogP contribution in [0, 0.1) is 0 Å². The van der Waals surface area contributed by atoms with Crippen molar-refractivity contribution in [3.8, 4) is 0 Å². The third-order valence-corrected chi connectivity index (χ3v) is 3.54. The van der Waals surface area contributed by atoms with Crippen molar-refractivity contribution in [2.24, 2.45) is 0 Å². The van der Waals surface area contributed by atoms with E-state index in [-0.39, 0.29) is 18.6 Å². The van der Waals surface area contributed by atoms with E-state index >= 15 is 0 Å². The van der Waals surface area contributed by atoms with Crippen molar-refractivity contribution in [3.05, 3.63) is 0 Å². The van der Waals surface area contributed by atoms with Crippen molar-refractivity contribution in [1.82, 2.24) is 20.4 Å². The lowest BCUT2D eigenvalue weighted by Gasteiger charge is -2.26. The molecule has 1 saturated heterocycles. The van der Waals surface area contributed by atoms with Gasteiger partial charge in [0.15, 0.2) is 0 Å². The summed E-state index contributed by atoms with van der Waals surface area (Å²) >= 11 is 0. The lowest BCUT2D eigenvalue weighted by Crippen LogP contribution is -2.50. The highest BCUT2D eigenvalue weighted by Crippen LogP contribution is 2.07. The largest absolute Gasteiger partial charge is 0.395 e. The normalized spacial score (nSPS) is 19.1. The zero-order valence-electron chi connectivity index (χ0n) is 12.4. The van der Waals surface area contributed by atoms with E-state index in [9.17, 15) is 9.59 Å². The molecule has 20 heavy (non-hydrogen) atoms. The van der Waals surface area contributed by atoms with Crippen LogP contribution in [0.15, 0.2) is 0 Å². The molecule has 0 spiro atoms. The average molecular weight is 286 g/mol. The van der Waals surface area contributed by atoms with E-state index in [0.717, 1.165) is 32.6 Å². The SMILES string of the molecule is CCNC(=O)NC(=O)C(C)N1CCCN(CCO)CC1. The summed E-state index contributed by atoms with van der Waals surface area (Å²) in [6, 6.07) is -0.771. The van der Waals surface area contributed by atoms with Crippen LogP contribution in [0.3, 0.4) is 0 Å². The highest BCUT2D eigenvalue weighted by atomic mass is 16.3. The number of amides is 3. The molecule has 1 unspecified atom stereocenters. The molecule has 0 radical (unpaired) electrons. The number of aliphatic hydroxyl groups excluding tert-OH is 1. The monoisotopic (exact) mass is 286 g/mol. The Morgan fingerprint density at radius 1 is 1.25 bits per heavy atom. The topological polar surface area (TPSA) is 84.9 Å².